The standard InChI is InChI=1S/C22H36O4/c1-15-9-7-10-16(2)12-13-18(21(4,5)24)19(25-17(3)23)20-22(6,26-20)14-8-11-15/h10-11,18-20,24H,7-9,12-14H2,1-6H3/b15-11+,16-10+. The molecule has 4 nitrogen and oxygen atoms in total. The van der Waals surface area contributed by atoms with E-state index in [4.69, 9.17) is 9.47 Å². The Morgan fingerprint density at radius 2 is 1.85 bits per heavy atom. The van der Waals surface area contributed by atoms with E-state index in [0.29, 0.717) is 0 Å². The van der Waals surface area contributed by atoms with Gasteiger partial charge in [0.05, 0.1) is 11.2 Å². The maximum Gasteiger partial charge on any atom is 0.303 e. The fraction of sp³-hybridized carbons (Fsp3) is 0.773. The number of aliphatic hydroxyl groups is 1. The maximum atomic E-state index is 11.8. The smallest absolute Gasteiger partial charge is 0.303 e. The quantitative estimate of drug-likeness (QED) is 0.438. The summed E-state index contributed by atoms with van der Waals surface area (Å²) >= 11 is 0. The first-order chi connectivity index (χ1) is 12.0. The fourth-order valence-electron chi connectivity index (χ4n) is 4.08. The lowest BCUT2D eigenvalue weighted by Gasteiger charge is -2.35. The van der Waals surface area contributed by atoms with Gasteiger partial charge in [0.25, 0.3) is 0 Å². The van der Waals surface area contributed by atoms with Gasteiger partial charge in [-0.3, -0.25) is 4.79 Å². The minimum absolute atomic E-state index is 0.149. The molecule has 1 heterocycles. The van der Waals surface area contributed by atoms with Gasteiger partial charge >= 0.3 is 5.97 Å². The van der Waals surface area contributed by atoms with E-state index in [1.165, 1.54) is 18.1 Å². The summed E-state index contributed by atoms with van der Waals surface area (Å²) in [6, 6.07) is 0. The number of carbonyl (C=O) groups is 1. The summed E-state index contributed by atoms with van der Waals surface area (Å²) in [4.78, 5) is 11.8. The van der Waals surface area contributed by atoms with E-state index in [-0.39, 0.29) is 23.6 Å². The Labute approximate surface area is 158 Å². The van der Waals surface area contributed by atoms with Gasteiger partial charge in [0.2, 0.25) is 0 Å². The van der Waals surface area contributed by atoms with Gasteiger partial charge in [-0.15, -0.1) is 0 Å². The van der Waals surface area contributed by atoms with Crippen molar-refractivity contribution in [2.24, 2.45) is 5.92 Å². The van der Waals surface area contributed by atoms with Crippen molar-refractivity contribution in [3.8, 4) is 0 Å². The van der Waals surface area contributed by atoms with E-state index in [2.05, 4.69) is 32.9 Å². The van der Waals surface area contributed by atoms with Gasteiger partial charge in [-0.05, 0) is 73.1 Å². The lowest BCUT2D eigenvalue weighted by atomic mass is 9.78. The van der Waals surface area contributed by atoms with Crippen molar-refractivity contribution in [1.29, 1.82) is 0 Å². The van der Waals surface area contributed by atoms with Crippen LogP contribution in [0.5, 0.6) is 0 Å². The molecule has 148 valence electrons. The molecule has 0 spiro atoms. The summed E-state index contributed by atoms with van der Waals surface area (Å²) in [5.74, 6) is -0.479. The molecule has 0 amide bonds. The molecule has 0 aromatic rings. The van der Waals surface area contributed by atoms with Crippen LogP contribution in [-0.2, 0) is 14.3 Å². The van der Waals surface area contributed by atoms with Crippen LogP contribution in [0.3, 0.4) is 0 Å². The molecule has 2 rings (SSSR count). The van der Waals surface area contributed by atoms with E-state index >= 15 is 0 Å². The SMILES string of the molecule is CC(=O)OC1C(C(C)(C)O)CC/C(C)=C/CC/C(C)=C/CCC2(C)OC12. The first kappa shape index (κ1) is 21.2. The van der Waals surface area contributed by atoms with Crippen molar-refractivity contribution in [3.05, 3.63) is 23.3 Å². The van der Waals surface area contributed by atoms with Crippen molar-refractivity contribution in [3.63, 3.8) is 0 Å². The second kappa shape index (κ2) is 8.26. The summed E-state index contributed by atoms with van der Waals surface area (Å²) in [7, 11) is 0. The number of epoxide rings is 1. The van der Waals surface area contributed by atoms with Crippen molar-refractivity contribution in [1.82, 2.24) is 0 Å². The molecule has 0 bridgehead atoms. The summed E-state index contributed by atoms with van der Waals surface area (Å²) in [6.45, 7) is 11.5. The topological polar surface area (TPSA) is 59.1 Å². The first-order valence-electron chi connectivity index (χ1n) is 9.91. The molecule has 0 aromatic carbocycles. The van der Waals surface area contributed by atoms with Crippen LogP contribution >= 0.6 is 0 Å². The van der Waals surface area contributed by atoms with Crippen molar-refractivity contribution < 1.29 is 19.4 Å². The first-order valence-corrected chi connectivity index (χ1v) is 9.91. The molecule has 0 saturated carbocycles. The molecule has 0 aromatic heterocycles. The lowest BCUT2D eigenvalue weighted by molar-refractivity contribution is -0.157. The molecule has 0 radical (unpaired) electrons. The number of hydrogen-bond acceptors (Lipinski definition) is 4. The van der Waals surface area contributed by atoms with E-state index in [1.807, 2.05) is 13.8 Å². The van der Waals surface area contributed by atoms with Gasteiger partial charge in [0, 0.05) is 12.8 Å². The van der Waals surface area contributed by atoms with Gasteiger partial charge in [-0.2, -0.15) is 0 Å². The normalized spacial score (nSPS) is 38.0. The van der Waals surface area contributed by atoms with Crippen LogP contribution in [0.2, 0.25) is 0 Å². The highest BCUT2D eigenvalue weighted by molar-refractivity contribution is 5.66. The zero-order valence-electron chi connectivity index (χ0n) is 17.3. The highest BCUT2D eigenvalue weighted by Crippen LogP contribution is 2.47. The van der Waals surface area contributed by atoms with Gasteiger partial charge in [0.1, 0.15) is 12.2 Å². The number of hydrogen-bond donors (Lipinski definition) is 1. The third kappa shape index (κ3) is 5.68. The number of allylic oxidation sites excluding steroid dienone is 4. The van der Waals surface area contributed by atoms with Gasteiger partial charge in [-0.1, -0.05) is 23.3 Å². The van der Waals surface area contributed by atoms with E-state index < -0.39 is 11.7 Å². The average molecular weight is 365 g/mol. The zero-order chi connectivity index (χ0) is 19.5. The van der Waals surface area contributed by atoms with Crippen LogP contribution in [0.1, 0.15) is 80.1 Å². The van der Waals surface area contributed by atoms with Gasteiger partial charge in [0.15, 0.2) is 0 Å². The van der Waals surface area contributed by atoms with Crippen LogP contribution in [-0.4, -0.2) is 34.5 Å². The number of ether oxygens (including phenoxy) is 2. The lowest BCUT2D eigenvalue weighted by Crippen LogP contribution is -2.45. The largest absolute Gasteiger partial charge is 0.459 e. The summed E-state index contributed by atoms with van der Waals surface area (Å²) in [5, 5.41) is 10.8. The third-order valence-corrected chi connectivity index (χ3v) is 5.86. The Morgan fingerprint density at radius 3 is 2.46 bits per heavy atom. The molecule has 1 saturated heterocycles. The molecular weight excluding hydrogens is 328 g/mol. The average Bonchev–Trinajstić information content (AvgIpc) is 3.15. The van der Waals surface area contributed by atoms with E-state index in [9.17, 15) is 9.90 Å². The minimum Gasteiger partial charge on any atom is -0.459 e. The molecule has 26 heavy (non-hydrogen) atoms. The molecule has 1 aliphatic carbocycles. The van der Waals surface area contributed by atoms with Gasteiger partial charge in [-0.25, -0.2) is 0 Å². The second-order valence-corrected chi connectivity index (χ2v) is 8.90. The molecule has 1 N–H and O–H groups in total. The third-order valence-electron chi connectivity index (χ3n) is 5.86. The van der Waals surface area contributed by atoms with Crippen molar-refractivity contribution in [2.75, 3.05) is 0 Å². The van der Waals surface area contributed by atoms with E-state index in [1.54, 1.807) is 0 Å². The summed E-state index contributed by atoms with van der Waals surface area (Å²) in [5.41, 5.74) is 1.51. The Hall–Kier alpha value is -1.13. The Morgan fingerprint density at radius 1 is 1.23 bits per heavy atom. The van der Waals surface area contributed by atoms with Crippen molar-refractivity contribution in [2.45, 2.75) is 103 Å². The second-order valence-electron chi connectivity index (χ2n) is 8.90. The van der Waals surface area contributed by atoms with Crippen molar-refractivity contribution >= 4 is 5.97 Å². The summed E-state index contributed by atoms with van der Waals surface area (Å²) in [6.07, 6.45) is 9.68. The van der Waals surface area contributed by atoms with Gasteiger partial charge < -0.3 is 14.6 Å². The minimum atomic E-state index is -0.944. The van der Waals surface area contributed by atoms with Crippen LogP contribution in [0.15, 0.2) is 23.3 Å². The number of fused-ring (bicyclic) bond motifs is 1. The zero-order valence-corrected chi connectivity index (χ0v) is 17.3. The monoisotopic (exact) mass is 364 g/mol. The molecule has 1 fully saturated rings. The highest BCUT2D eigenvalue weighted by atomic mass is 16.6. The maximum absolute atomic E-state index is 11.8. The number of carbonyl (C=O) groups excluding carboxylic acids is 1. The van der Waals surface area contributed by atoms with Crippen LogP contribution in [0.4, 0.5) is 0 Å². The molecule has 4 heteroatoms. The van der Waals surface area contributed by atoms with Crippen LogP contribution in [0.25, 0.3) is 0 Å². The molecule has 4 atom stereocenters. The molecule has 2 aliphatic rings. The highest BCUT2D eigenvalue weighted by Gasteiger charge is 2.60. The molecule has 4 unspecified atom stereocenters. The fourth-order valence-corrected chi connectivity index (χ4v) is 4.08. The number of rotatable bonds is 2. The van der Waals surface area contributed by atoms with Crippen LogP contribution in [0, 0.1) is 5.92 Å². The van der Waals surface area contributed by atoms with Crippen LogP contribution < -0.4 is 0 Å². The molecule has 1 aliphatic heterocycles. The Kier molecular flexibility index (Phi) is 6.73. The van der Waals surface area contributed by atoms with E-state index in [0.717, 1.165) is 38.5 Å². The Balaban J connectivity index is 2.29. The predicted molar refractivity (Wildman–Crippen MR) is 104 cm³/mol. The Bertz CT molecular complexity index is 569. The molecular formula is C22H36O4. The predicted octanol–water partition coefficient (Wildman–Crippen LogP) is 4.71. The summed E-state index contributed by atoms with van der Waals surface area (Å²) < 4.78 is 11.8. The number of esters is 1.